The molecule has 1 aromatic carbocycles. The van der Waals surface area contributed by atoms with E-state index in [2.05, 4.69) is 21.2 Å². The van der Waals surface area contributed by atoms with E-state index in [4.69, 9.17) is 9.88 Å². The number of nitrogens with one attached hydrogen (secondary N) is 1. The molecule has 0 amide bonds. The lowest BCUT2D eigenvalue weighted by atomic mass is 10.2. The Kier molecular flexibility index (Phi) is 6.36. The lowest BCUT2D eigenvalue weighted by Gasteiger charge is -2.22. The van der Waals surface area contributed by atoms with E-state index in [0.29, 0.717) is 29.4 Å². The summed E-state index contributed by atoms with van der Waals surface area (Å²) >= 11 is 5.21. The van der Waals surface area contributed by atoms with Gasteiger partial charge in [-0.05, 0) is 42.5 Å². The van der Waals surface area contributed by atoms with E-state index < -0.39 is 10.0 Å². The number of ether oxygens (including phenoxy) is 1. The van der Waals surface area contributed by atoms with Crippen LogP contribution >= 0.6 is 27.7 Å². The van der Waals surface area contributed by atoms with Gasteiger partial charge >= 0.3 is 0 Å². The predicted molar refractivity (Wildman–Crippen MR) is 90.3 cm³/mol. The summed E-state index contributed by atoms with van der Waals surface area (Å²) in [5.74, 6) is 2.31. The summed E-state index contributed by atoms with van der Waals surface area (Å²) in [6.07, 6.45) is 2.51. The van der Waals surface area contributed by atoms with Gasteiger partial charge in [0.05, 0.1) is 18.4 Å². The van der Waals surface area contributed by atoms with Gasteiger partial charge in [0.2, 0.25) is 10.0 Å². The first-order valence-electron chi connectivity index (χ1n) is 6.72. The second-order valence-corrected chi connectivity index (χ2v) is 8.47. The molecule has 0 radical (unpaired) electrons. The molecule has 1 aromatic rings. The van der Waals surface area contributed by atoms with Crippen molar-refractivity contribution in [2.75, 3.05) is 30.0 Å². The normalized spacial score (nSPS) is 16.9. The quantitative estimate of drug-likeness (QED) is 0.723. The van der Waals surface area contributed by atoms with Crippen LogP contribution in [0.3, 0.4) is 0 Å². The van der Waals surface area contributed by atoms with Gasteiger partial charge in [0.25, 0.3) is 0 Å². The van der Waals surface area contributed by atoms with Crippen LogP contribution in [0, 0.1) is 0 Å². The van der Waals surface area contributed by atoms with Crippen LogP contribution in [0.15, 0.2) is 27.6 Å². The van der Waals surface area contributed by atoms with Crippen molar-refractivity contribution in [3.63, 3.8) is 0 Å². The highest BCUT2D eigenvalue weighted by atomic mass is 79.9. The summed E-state index contributed by atoms with van der Waals surface area (Å²) in [4.78, 5) is 0.0888. The smallest absolute Gasteiger partial charge is 0.240 e. The zero-order valence-electron chi connectivity index (χ0n) is 11.5. The zero-order chi connectivity index (χ0) is 15.3. The predicted octanol–water partition coefficient (Wildman–Crippen LogP) is 2.42. The van der Waals surface area contributed by atoms with E-state index in [-0.39, 0.29) is 4.90 Å². The molecule has 0 unspecified atom stereocenters. The fourth-order valence-electron chi connectivity index (χ4n) is 2.13. The van der Waals surface area contributed by atoms with Crippen LogP contribution in [0.2, 0.25) is 0 Å². The number of sulfonamides is 1. The molecule has 0 saturated carbocycles. The molecule has 0 aromatic heterocycles. The molecule has 3 N–H and O–H groups in total. The highest BCUT2D eigenvalue weighted by molar-refractivity contribution is 9.10. The number of halogens is 1. The maximum atomic E-state index is 11.6. The maximum Gasteiger partial charge on any atom is 0.240 e. The first-order chi connectivity index (χ1) is 9.97. The Labute approximate surface area is 138 Å². The molecular formula is C13H19BrN2O3S2. The maximum absolute atomic E-state index is 11.6. The molecule has 1 aliphatic rings. The number of primary sulfonamides is 1. The monoisotopic (exact) mass is 394 g/mol. The first kappa shape index (κ1) is 17.1. The van der Waals surface area contributed by atoms with Crippen LogP contribution < -0.4 is 10.5 Å². The van der Waals surface area contributed by atoms with E-state index in [9.17, 15) is 8.42 Å². The third-order valence-electron chi connectivity index (χ3n) is 3.19. The van der Waals surface area contributed by atoms with Crippen LogP contribution in [0.25, 0.3) is 0 Å². The molecule has 0 bridgehead atoms. The molecule has 2 rings (SSSR count). The molecule has 0 aliphatic carbocycles. The van der Waals surface area contributed by atoms with Gasteiger partial charge in [0, 0.05) is 11.0 Å². The number of thioether (sulfide) groups is 1. The van der Waals surface area contributed by atoms with Crippen LogP contribution in [-0.4, -0.2) is 39.2 Å². The highest BCUT2D eigenvalue weighted by Crippen LogP contribution is 2.24. The molecule has 1 heterocycles. The fraction of sp³-hybridized carbons (Fsp3) is 0.538. The molecule has 118 valence electrons. The average molecular weight is 395 g/mol. The Bertz CT molecular complexity index is 575. The van der Waals surface area contributed by atoms with E-state index in [1.807, 2.05) is 11.8 Å². The van der Waals surface area contributed by atoms with E-state index in [1.54, 1.807) is 12.1 Å². The van der Waals surface area contributed by atoms with Gasteiger partial charge in [-0.2, -0.15) is 11.8 Å². The third-order valence-corrected chi connectivity index (χ3v) is 5.68. The van der Waals surface area contributed by atoms with Crippen molar-refractivity contribution in [3.8, 4) is 0 Å². The van der Waals surface area contributed by atoms with Crippen molar-refractivity contribution in [1.29, 1.82) is 0 Å². The van der Waals surface area contributed by atoms with Crippen LogP contribution in [0.1, 0.15) is 12.8 Å². The summed E-state index contributed by atoms with van der Waals surface area (Å²) in [7, 11) is -3.75. The van der Waals surface area contributed by atoms with Gasteiger partial charge in [-0.15, -0.1) is 0 Å². The first-order valence-corrected chi connectivity index (χ1v) is 10.2. The lowest BCUT2D eigenvalue weighted by molar-refractivity contribution is 0.0551. The number of hydrogen-bond donors (Lipinski definition) is 2. The molecule has 1 aliphatic heterocycles. The van der Waals surface area contributed by atoms with Crippen molar-refractivity contribution in [2.24, 2.45) is 5.14 Å². The number of hydrogen-bond acceptors (Lipinski definition) is 5. The molecule has 1 fully saturated rings. The Morgan fingerprint density at radius 3 is 2.76 bits per heavy atom. The Balaban J connectivity index is 1.88. The number of rotatable bonds is 6. The summed E-state index contributed by atoms with van der Waals surface area (Å²) in [5.41, 5.74) is 0.503. The molecule has 1 saturated heterocycles. The highest BCUT2D eigenvalue weighted by Gasteiger charge is 2.15. The minimum absolute atomic E-state index is 0.0888. The van der Waals surface area contributed by atoms with Gasteiger partial charge in [0.15, 0.2) is 0 Å². The molecule has 0 atom stereocenters. The fourth-order valence-corrected chi connectivity index (χ4v) is 4.45. The van der Waals surface area contributed by atoms with Crippen LogP contribution in [0.4, 0.5) is 5.69 Å². The second kappa shape index (κ2) is 7.82. The standard InChI is InChI=1S/C13H19BrN2O3S2/c14-10-1-2-12(13(9-10)21(15,17)18)16-5-6-19-11-3-7-20-8-4-11/h1-2,9,11,16H,3-8H2,(H2,15,17,18). The minimum atomic E-state index is -3.75. The van der Waals surface area contributed by atoms with Gasteiger partial charge in [-0.3, -0.25) is 0 Å². The second-order valence-electron chi connectivity index (χ2n) is 4.79. The Hall–Kier alpha value is -0.280. The van der Waals surface area contributed by atoms with Gasteiger partial charge in [-0.25, -0.2) is 13.6 Å². The van der Waals surface area contributed by atoms with Crippen molar-refractivity contribution < 1.29 is 13.2 Å². The molecule has 5 nitrogen and oxygen atoms in total. The number of nitrogens with two attached hydrogens (primary N) is 1. The van der Waals surface area contributed by atoms with E-state index in [1.165, 1.54) is 6.07 Å². The van der Waals surface area contributed by atoms with Crippen molar-refractivity contribution in [2.45, 2.75) is 23.8 Å². The Morgan fingerprint density at radius 2 is 2.10 bits per heavy atom. The molecule has 0 spiro atoms. The molecule has 8 heteroatoms. The Morgan fingerprint density at radius 1 is 1.38 bits per heavy atom. The van der Waals surface area contributed by atoms with E-state index >= 15 is 0 Å². The summed E-state index contributed by atoms with van der Waals surface area (Å²) < 4.78 is 29.6. The van der Waals surface area contributed by atoms with Gasteiger partial charge < -0.3 is 10.1 Å². The van der Waals surface area contributed by atoms with Gasteiger partial charge in [-0.1, -0.05) is 15.9 Å². The van der Waals surface area contributed by atoms with Crippen molar-refractivity contribution >= 4 is 43.4 Å². The summed E-state index contributed by atoms with van der Waals surface area (Å²) in [5, 5.41) is 8.30. The molecular weight excluding hydrogens is 376 g/mol. The summed E-state index contributed by atoms with van der Waals surface area (Å²) in [6, 6.07) is 4.97. The number of anilines is 1. The van der Waals surface area contributed by atoms with Crippen LogP contribution in [0.5, 0.6) is 0 Å². The molecule has 21 heavy (non-hydrogen) atoms. The van der Waals surface area contributed by atoms with E-state index in [0.717, 1.165) is 24.3 Å². The van der Waals surface area contributed by atoms with Crippen molar-refractivity contribution in [1.82, 2.24) is 0 Å². The summed E-state index contributed by atoms with van der Waals surface area (Å²) in [6.45, 7) is 1.10. The SMILES string of the molecule is NS(=O)(=O)c1cc(Br)ccc1NCCOC1CCSCC1. The topological polar surface area (TPSA) is 81.4 Å². The third kappa shape index (κ3) is 5.45. The average Bonchev–Trinajstić information content (AvgIpc) is 2.45. The lowest BCUT2D eigenvalue weighted by Crippen LogP contribution is -2.23. The van der Waals surface area contributed by atoms with Gasteiger partial charge in [0.1, 0.15) is 4.90 Å². The largest absolute Gasteiger partial charge is 0.382 e. The minimum Gasteiger partial charge on any atom is -0.382 e. The zero-order valence-corrected chi connectivity index (χ0v) is 14.8. The van der Waals surface area contributed by atoms with Crippen molar-refractivity contribution in [3.05, 3.63) is 22.7 Å². The number of benzene rings is 1. The van der Waals surface area contributed by atoms with Crippen LogP contribution in [-0.2, 0) is 14.8 Å².